The van der Waals surface area contributed by atoms with Crippen LogP contribution in [0.3, 0.4) is 0 Å². The molecule has 4 aromatic carbocycles. The van der Waals surface area contributed by atoms with Gasteiger partial charge in [0.1, 0.15) is 41.3 Å². The lowest BCUT2D eigenvalue weighted by atomic mass is 10.1. The third-order valence-corrected chi connectivity index (χ3v) is 7.97. The monoisotopic (exact) mass is 824 g/mol. The third-order valence-electron chi connectivity index (χ3n) is 7.97. The number of unbranched alkanes of at least 4 members (excludes halogenated alkanes) is 7. The lowest BCUT2D eigenvalue weighted by Gasteiger charge is -2.27. The molecule has 0 saturated carbocycles. The van der Waals surface area contributed by atoms with Crippen molar-refractivity contribution in [3.63, 3.8) is 0 Å². The highest BCUT2D eigenvalue weighted by Gasteiger charge is 2.73. The minimum atomic E-state index is -6.44. The molecule has 0 bridgehead atoms. The Morgan fingerprint density at radius 3 is 1.47 bits per heavy atom. The van der Waals surface area contributed by atoms with E-state index in [4.69, 9.17) is 23.7 Å². The van der Waals surface area contributed by atoms with E-state index in [1.807, 2.05) is 38.0 Å². The SMILES string of the molecule is C=O.CC(=O)Oc1ccc(Oc2ccc(C)cc2)cc1.CCCCCCCCCCOc1ccc(C(=O)Oc2ccc(OCC(F)(F)C(F)(F)C(F)(F)F)cc2)cc1. The molecular weight excluding hydrogens is 777 g/mol. The topological polar surface area (TPSA) is 97.4 Å². The van der Waals surface area contributed by atoms with E-state index in [1.165, 1.54) is 63.1 Å². The number of carbonyl (C=O) groups excluding carboxylic acids is 3. The van der Waals surface area contributed by atoms with Gasteiger partial charge in [0.2, 0.25) is 0 Å². The predicted octanol–water partition coefficient (Wildman–Crippen LogP) is 12.2. The van der Waals surface area contributed by atoms with E-state index in [-0.39, 0.29) is 17.3 Å². The van der Waals surface area contributed by atoms with Crippen molar-refractivity contribution in [3.8, 4) is 34.5 Å². The van der Waals surface area contributed by atoms with Gasteiger partial charge in [-0.1, -0.05) is 69.6 Å². The number of aryl methyl sites for hydroxylation is 1. The number of benzene rings is 4. The summed E-state index contributed by atoms with van der Waals surface area (Å²) in [7, 11) is 0. The summed E-state index contributed by atoms with van der Waals surface area (Å²) in [4.78, 5) is 31.1. The van der Waals surface area contributed by atoms with Crippen LogP contribution in [0.2, 0.25) is 0 Å². The van der Waals surface area contributed by atoms with Crippen molar-refractivity contribution < 1.29 is 68.8 Å². The molecular formula is C43H47F7O8. The molecule has 0 radical (unpaired) electrons. The molecule has 0 aliphatic heterocycles. The second kappa shape index (κ2) is 24.2. The van der Waals surface area contributed by atoms with E-state index in [9.17, 15) is 40.3 Å². The van der Waals surface area contributed by atoms with Crippen molar-refractivity contribution in [2.45, 2.75) is 90.2 Å². The average molecular weight is 825 g/mol. The highest BCUT2D eigenvalue weighted by atomic mass is 19.4. The molecule has 0 amide bonds. The van der Waals surface area contributed by atoms with Crippen molar-refractivity contribution in [3.05, 3.63) is 108 Å². The Balaban J connectivity index is 0.000000480. The fourth-order valence-corrected chi connectivity index (χ4v) is 4.84. The van der Waals surface area contributed by atoms with Crippen LogP contribution in [0.5, 0.6) is 34.5 Å². The first-order chi connectivity index (χ1) is 27.5. The molecule has 0 N–H and O–H groups in total. The second-order valence-electron chi connectivity index (χ2n) is 12.8. The van der Waals surface area contributed by atoms with Crippen LogP contribution in [-0.2, 0) is 9.59 Å². The normalized spacial score (nSPS) is 11.2. The van der Waals surface area contributed by atoms with E-state index >= 15 is 0 Å². The van der Waals surface area contributed by atoms with Gasteiger partial charge in [-0.15, -0.1) is 0 Å². The largest absolute Gasteiger partial charge is 0.494 e. The Morgan fingerprint density at radius 2 is 0.966 bits per heavy atom. The first-order valence-electron chi connectivity index (χ1n) is 18.3. The molecule has 0 aliphatic rings. The molecule has 0 saturated heterocycles. The Bertz CT molecular complexity index is 1780. The zero-order chi connectivity index (χ0) is 43.2. The van der Waals surface area contributed by atoms with Crippen molar-refractivity contribution in [1.29, 1.82) is 0 Å². The van der Waals surface area contributed by atoms with E-state index in [1.54, 1.807) is 36.4 Å². The van der Waals surface area contributed by atoms with Crippen LogP contribution in [0.1, 0.15) is 81.1 Å². The smallest absolute Gasteiger partial charge is 0.460 e. The summed E-state index contributed by atoms with van der Waals surface area (Å²) < 4.78 is 115. The van der Waals surface area contributed by atoms with Crippen molar-refractivity contribution in [2.75, 3.05) is 13.2 Å². The highest BCUT2D eigenvalue weighted by molar-refractivity contribution is 5.91. The maximum absolute atomic E-state index is 13.3. The summed E-state index contributed by atoms with van der Waals surface area (Å²) in [5.74, 6) is -10.7. The highest BCUT2D eigenvalue weighted by Crippen LogP contribution is 2.46. The van der Waals surface area contributed by atoms with E-state index in [0.29, 0.717) is 23.9 Å². The maximum atomic E-state index is 13.3. The van der Waals surface area contributed by atoms with Crippen LogP contribution in [-0.4, -0.2) is 50.0 Å². The number of hydrogen-bond donors (Lipinski definition) is 0. The fourth-order valence-electron chi connectivity index (χ4n) is 4.84. The number of ether oxygens (including phenoxy) is 5. The minimum Gasteiger partial charge on any atom is -0.494 e. The number of halogens is 7. The van der Waals surface area contributed by atoms with E-state index in [2.05, 4.69) is 11.7 Å². The molecule has 0 atom stereocenters. The fraction of sp³-hybridized carbons (Fsp3) is 0.372. The minimum absolute atomic E-state index is 0.0234. The molecule has 4 rings (SSSR count). The zero-order valence-electron chi connectivity index (χ0n) is 32.4. The summed E-state index contributed by atoms with van der Waals surface area (Å²) in [6.45, 7) is 5.94. The molecule has 0 heterocycles. The summed E-state index contributed by atoms with van der Waals surface area (Å²) in [5, 5.41) is 0. The molecule has 0 fully saturated rings. The van der Waals surface area contributed by atoms with Crippen LogP contribution in [0, 0.1) is 6.92 Å². The van der Waals surface area contributed by atoms with Gasteiger partial charge < -0.3 is 28.5 Å². The molecule has 8 nitrogen and oxygen atoms in total. The van der Waals surface area contributed by atoms with Gasteiger partial charge in [0.25, 0.3) is 0 Å². The molecule has 58 heavy (non-hydrogen) atoms. The number of carbonyl (C=O) groups is 3. The summed E-state index contributed by atoms with van der Waals surface area (Å²) in [6.07, 6.45) is 3.02. The Labute approximate surface area is 333 Å². The Kier molecular flexibility index (Phi) is 20.3. The molecule has 0 unspecified atom stereocenters. The van der Waals surface area contributed by atoms with Gasteiger partial charge in [-0.3, -0.25) is 4.79 Å². The first-order valence-corrected chi connectivity index (χ1v) is 18.3. The lowest BCUT2D eigenvalue weighted by Crippen LogP contribution is -2.54. The van der Waals surface area contributed by atoms with Gasteiger partial charge in [0, 0.05) is 6.92 Å². The molecule has 0 spiro atoms. The predicted molar refractivity (Wildman–Crippen MR) is 204 cm³/mol. The Hall–Kier alpha value is -5.60. The molecule has 0 aromatic heterocycles. The molecule has 316 valence electrons. The van der Waals surface area contributed by atoms with Crippen LogP contribution >= 0.6 is 0 Å². The average Bonchev–Trinajstić information content (AvgIpc) is 3.19. The Morgan fingerprint density at radius 1 is 0.552 bits per heavy atom. The van der Waals surface area contributed by atoms with Gasteiger partial charge in [0.05, 0.1) is 12.2 Å². The summed E-state index contributed by atoms with van der Waals surface area (Å²) in [6, 6.07) is 25.2. The second-order valence-corrected chi connectivity index (χ2v) is 12.8. The third kappa shape index (κ3) is 16.9. The van der Waals surface area contributed by atoms with E-state index < -0.39 is 36.3 Å². The van der Waals surface area contributed by atoms with Crippen LogP contribution in [0.25, 0.3) is 0 Å². The van der Waals surface area contributed by atoms with Crippen molar-refractivity contribution in [2.24, 2.45) is 0 Å². The molecule has 4 aromatic rings. The lowest BCUT2D eigenvalue weighted by molar-refractivity contribution is -0.358. The van der Waals surface area contributed by atoms with Gasteiger partial charge in [-0.25, -0.2) is 4.79 Å². The van der Waals surface area contributed by atoms with Gasteiger partial charge >= 0.3 is 30.0 Å². The molecule has 15 heteroatoms. The van der Waals surface area contributed by atoms with E-state index in [0.717, 1.165) is 42.9 Å². The number of rotatable bonds is 19. The number of esters is 2. The van der Waals surface area contributed by atoms with Crippen molar-refractivity contribution in [1.82, 2.24) is 0 Å². The summed E-state index contributed by atoms with van der Waals surface area (Å²) in [5.41, 5.74) is 1.39. The maximum Gasteiger partial charge on any atom is 0.460 e. The summed E-state index contributed by atoms with van der Waals surface area (Å²) >= 11 is 0. The van der Waals surface area contributed by atoms with Crippen LogP contribution in [0.15, 0.2) is 97.1 Å². The van der Waals surface area contributed by atoms with Gasteiger partial charge in [-0.05, 0) is 98.3 Å². The number of alkyl halides is 7. The molecule has 0 aliphatic carbocycles. The zero-order valence-corrected chi connectivity index (χ0v) is 32.4. The first kappa shape index (κ1) is 48.5. The standard InChI is InChI=1S/C27H31F7O4.C15H14O3.CH2O/c1-2-3-4-5-6-7-8-9-18-36-21-12-10-20(11-13-21)24(35)38-23-16-14-22(15-17-23)37-19-25(28,29)26(30,31)27(32,33)34;1-11-3-5-14(6-4-11)18-15-9-7-13(8-10-15)17-12(2)16;1-2/h10-17H,2-9,18-19H2,1H3;3-10H,1-2H3;1H2. The quantitative estimate of drug-likeness (QED) is 0.0399. The van der Waals surface area contributed by atoms with Crippen LogP contribution < -0.4 is 23.7 Å². The number of hydrogen-bond acceptors (Lipinski definition) is 8. The van der Waals surface area contributed by atoms with Crippen LogP contribution in [0.4, 0.5) is 30.7 Å². The van der Waals surface area contributed by atoms with Gasteiger partial charge in [0.15, 0.2) is 6.61 Å². The van der Waals surface area contributed by atoms with Crippen molar-refractivity contribution >= 4 is 18.7 Å². The van der Waals surface area contributed by atoms with Gasteiger partial charge in [-0.2, -0.15) is 30.7 Å².